The average Bonchev–Trinajstić information content (AvgIpc) is 2.76. The fourth-order valence-corrected chi connectivity index (χ4v) is 3.48. The first kappa shape index (κ1) is 18.9. The third kappa shape index (κ3) is 4.54. The SMILES string of the molecule is COc1cc(Oc2cccc(C)c2)ccc1/C=C1/CCCN=C1c1cccnc1. The van der Waals surface area contributed by atoms with Crippen molar-refractivity contribution < 1.29 is 9.47 Å². The molecule has 0 bridgehead atoms. The minimum Gasteiger partial charge on any atom is -0.496 e. The number of hydrogen-bond donors (Lipinski definition) is 0. The van der Waals surface area contributed by atoms with E-state index in [1.54, 1.807) is 13.3 Å². The Kier molecular flexibility index (Phi) is 5.71. The molecule has 1 aliphatic heterocycles. The largest absolute Gasteiger partial charge is 0.496 e. The lowest BCUT2D eigenvalue weighted by atomic mass is 9.94. The Morgan fingerprint density at radius 2 is 1.90 bits per heavy atom. The number of nitrogens with zero attached hydrogens (tertiary/aromatic N) is 2. The average molecular weight is 384 g/mol. The van der Waals surface area contributed by atoms with E-state index >= 15 is 0 Å². The van der Waals surface area contributed by atoms with E-state index in [0.717, 1.165) is 59.0 Å². The lowest BCUT2D eigenvalue weighted by Gasteiger charge is -2.17. The van der Waals surface area contributed by atoms with Crippen molar-refractivity contribution in [3.63, 3.8) is 0 Å². The van der Waals surface area contributed by atoms with Crippen LogP contribution in [0.3, 0.4) is 0 Å². The quantitative estimate of drug-likeness (QED) is 0.553. The van der Waals surface area contributed by atoms with Gasteiger partial charge in [-0.1, -0.05) is 12.1 Å². The molecule has 0 radical (unpaired) electrons. The zero-order chi connectivity index (χ0) is 20.1. The van der Waals surface area contributed by atoms with Gasteiger partial charge in [-0.2, -0.15) is 0 Å². The Morgan fingerprint density at radius 3 is 2.69 bits per heavy atom. The van der Waals surface area contributed by atoms with Crippen LogP contribution in [0.1, 0.15) is 29.5 Å². The van der Waals surface area contributed by atoms with Crippen LogP contribution in [0.4, 0.5) is 0 Å². The van der Waals surface area contributed by atoms with Crippen LogP contribution in [-0.2, 0) is 0 Å². The minimum absolute atomic E-state index is 0.749. The van der Waals surface area contributed by atoms with Crippen LogP contribution < -0.4 is 9.47 Å². The molecule has 4 rings (SSSR count). The molecule has 29 heavy (non-hydrogen) atoms. The van der Waals surface area contributed by atoms with Crippen LogP contribution in [0.2, 0.25) is 0 Å². The molecule has 0 aliphatic carbocycles. The van der Waals surface area contributed by atoms with Crippen molar-refractivity contribution in [1.82, 2.24) is 4.98 Å². The Hall–Kier alpha value is -3.40. The normalized spacial score (nSPS) is 15.1. The molecular formula is C25H24N2O2. The summed E-state index contributed by atoms with van der Waals surface area (Å²) in [5, 5.41) is 0. The number of ether oxygens (including phenoxy) is 2. The van der Waals surface area contributed by atoms with Gasteiger partial charge >= 0.3 is 0 Å². The second-order valence-corrected chi connectivity index (χ2v) is 7.07. The molecule has 0 spiro atoms. The second-order valence-electron chi connectivity index (χ2n) is 7.07. The highest BCUT2D eigenvalue weighted by atomic mass is 16.5. The van der Waals surface area contributed by atoms with Gasteiger partial charge in [-0.3, -0.25) is 9.98 Å². The summed E-state index contributed by atoms with van der Waals surface area (Å²) in [6.45, 7) is 2.90. The van der Waals surface area contributed by atoms with Crippen LogP contribution in [0, 0.1) is 6.92 Å². The Labute approximate surface area is 171 Å². The number of aryl methyl sites for hydroxylation is 1. The summed E-state index contributed by atoms with van der Waals surface area (Å²) >= 11 is 0. The molecule has 0 unspecified atom stereocenters. The number of allylic oxidation sites excluding steroid dienone is 1. The molecule has 4 heteroatoms. The van der Waals surface area contributed by atoms with Gasteiger partial charge in [0.15, 0.2) is 0 Å². The van der Waals surface area contributed by atoms with E-state index in [9.17, 15) is 0 Å². The summed E-state index contributed by atoms with van der Waals surface area (Å²) in [6, 6.07) is 17.9. The van der Waals surface area contributed by atoms with E-state index in [1.807, 2.05) is 61.7 Å². The standard InChI is InChI=1S/C25H24N2O2/c1-18-6-3-9-22(14-18)29-23-11-10-19(24(16-23)28-2)15-20-7-5-13-27-25(20)21-8-4-12-26-17-21/h3-4,6,8-12,14-17H,5,7,13H2,1-2H3/b20-15-. The first-order valence-corrected chi connectivity index (χ1v) is 9.81. The van der Waals surface area contributed by atoms with Crippen molar-refractivity contribution in [2.45, 2.75) is 19.8 Å². The molecule has 0 N–H and O–H groups in total. The monoisotopic (exact) mass is 384 g/mol. The van der Waals surface area contributed by atoms with Gasteiger partial charge in [-0.15, -0.1) is 0 Å². The lowest BCUT2D eigenvalue weighted by Crippen LogP contribution is -2.12. The number of hydrogen-bond acceptors (Lipinski definition) is 4. The molecule has 0 atom stereocenters. The summed E-state index contributed by atoms with van der Waals surface area (Å²) in [6.07, 6.45) is 7.85. The molecule has 2 aromatic carbocycles. The summed E-state index contributed by atoms with van der Waals surface area (Å²) in [7, 11) is 1.69. The highest BCUT2D eigenvalue weighted by Crippen LogP contribution is 2.31. The number of aliphatic imine (C=N–C) groups is 1. The maximum absolute atomic E-state index is 6.00. The Morgan fingerprint density at radius 1 is 1.00 bits per heavy atom. The van der Waals surface area contributed by atoms with E-state index in [1.165, 1.54) is 5.57 Å². The van der Waals surface area contributed by atoms with Crippen LogP contribution in [0.5, 0.6) is 17.2 Å². The summed E-state index contributed by atoms with van der Waals surface area (Å²) < 4.78 is 11.7. The molecule has 0 amide bonds. The summed E-state index contributed by atoms with van der Waals surface area (Å²) in [5.74, 6) is 2.34. The lowest BCUT2D eigenvalue weighted by molar-refractivity contribution is 0.408. The van der Waals surface area contributed by atoms with Gasteiger partial charge in [0.05, 0.1) is 12.8 Å². The first-order valence-electron chi connectivity index (χ1n) is 9.81. The smallest absolute Gasteiger partial charge is 0.131 e. The summed E-state index contributed by atoms with van der Waals surface area (Å²) in [5.41, 5.74) is 5.45. The Bertz CT molecular complexity index is 1060. The van der Waals surface area contributed by atoms with Crippen molar-refractivity contribution in [1.29, 1.82) is 0 Å². The van der Waals surface area contributed by atoms with E-state index in [0.29, 0.717) is 0 Å². The predicted molar refractivity (Wildman–Crippen MR) is 117 cm³/mol. The molecule has 1 aliphatic rings. The van der Waals surface area contributed by atoms with Gasteiger partial charge in [0.1, 0.15) is 17.2 Å². The number of rotatable bonds is 5. The van der Waals surface area contributed by atoms with Crippen molar-refractivity contribution in [2.75, 3.05) is 13.7 Å². The molecular weight excluding hydrogens is 360 g/mol. The molecule has 0 saturated carbocycles. The maximum Gasteiger partial charge on any atom is 0.131 e. The van der Waals surface area contributed by atoms with Crippen molar-refractivity contribution in [3.8, 4) is 17.2 Å². The molecule has 0 saturated heterocycles. The van der Waals surface area contributed by atoms with Crippen LogP contribution in [0.15, 0.2) is 77.6 Å². The van der Waals surface area contributed by atoms with Crippen LogP contribution >= 0.6 is 0 Å². The van der Waals surface area contributed by atoms with E-state index < -0.39 is 0 Å². The fraction of sp³-hybridized carbons (Fsp3) is 0.200. The molecule has 1 aromatic heterocycles. The molecule has 4 nitrogen and oxygen atoms in total. The number of aromatic nitrogens is 1. The van der Waals surface area contributed by atoms with Gasteiger partial charge < -0.3 is 9.47 Å². The predicted octanol–water partition coefficient (Wildman–Crippen LogP) is 5.86. The number of pyridine rings is 1. The third-order valence-electron chi connectivity index (χ3n) is 4.87. The maximum atomic E-state index is 6.00. The summed E-state index contributed by atoms with van der Waals surface area (Å²) in [4.78, 5) is 9.00. The van der Waals surface area contributed by atoms with Crippen molar-refractivity contribution >= 4 is 11.8 Å². The molecule has 2 heterocycles. The van der Waals surface area contributed by atoms with Gasteiger partial charge in [0, 0.05) is 36.1 Å². The van der Waals surface area contributed by atoms with Gasteiger partial charge in [-0.25, -0.2) is 0 Å². The number of methoxy groups -OCH3 is 1. The molecule has 146 valence electrons. The van der Waals surface area contributed by atoms with Crippen LogP contribution in [-0.4, -0.2) is 24.4 Å². The highest BCUT2D eigenvalue weighted by molar-refractivity contribution is 6.15. The van der Waals surface area contributed by atoms with Gasteiger partial charge in [0.25, 0.3) is 0 Å². The second kappa shape index (κ2) is 8.74. The fourth-order valence-electron chi connectivity index (χ4n) is 3.48. The topological polar surface area (TPSA) is 43.7 Å². The third-order valence-corrected chi connectivity index (χ3v) is 4.87. The van der Waals surface area contributed by atoms with E-state index in [-0.39, 0.29) is 0 Å². The zero-order valence-corrected chi connectivity index (χ0v) is 16.8. The Balaban J connectivity index is 1.64. The highest BCUT2D eigenvalue weighted by Gasteiger charge is 2.15. The van der Waals surface area contributed by atoms with E-state index in [4.69, 9.17) is 14.5 Å². The van der Waals surface area contributed by atoms with Crippen LogP contribution in [0.25, 0.3) is 6.08 Å². The van der Waals surface area contributed by atoms with E-state index in [2.05, 4.69) is 17.1 Å². The first-order chi connectivity index (χ1) is 14.2. The molecule has 3 aromatic rings. The molecule has 0 fully saturated rings. The van der Waals surface area contributed by atoms with Crippen molar-refractivity contribution in [2.24, 2.45) is 4.99 Å². The van der Waals surface area contributed by atoms with Gasteiger partial charge in [-0.05, 0) is 73.4 Å². The zero-order valence-electron chi connectivity index (χ0n) is 16.8. The number of benzene rings is 2. The minimum atomic E-state index is 0.749. The van der Waals surface area contributed by atoms with Gasteiger partial charge in [0.2, 0.25) is 0 Å². The van der Waals surface area contributed by atoms with Crippen molar-refractivity contribution in [3.05, 3.63) is 89.3 Å².